The van der Waals surface area contributed by atoms with Crippen molar-refractivity contribution in [3.63, 3.8) is 0 Å². The molecule has 1 heterocycles. The molecule has 0 saturated carbocycles. The quantitative estimate of drug-likeness (QED) is 0.152. The Morgan fingerprint density at radius 2 is 1.64 bits per heavy atom. The molecule has 1 aliphatic rings. The molecule has 39 heavy (non-hydrogen) atoms. The number of ether oxygens (including phenoxy) is 1. The molecular weight excluding hydrogens is 762 g/mol. The van der Waals surface area contributed by atoms with Gasteiger partial charge in [-0.1, -0.05) is 60.1 Å². The molecule has 4 aromatic carbocycles. The van der Waals surface area contributed by atoms with Gasteiger partial charge < -0.3 is 10.1 Å². The number of nitrogens with one attached hydrogen (secondary N) is 1. The van der Waals surface area contributed by atoms with Crippen molar-refractivity contribution in [2.24, 2.45) is 0 Å². The highest BCUT2D eigenvalue weighted by molar-refractivity contribution is 14.1. The Morgan fingerprint density at radius 1 is 0.949 bits per heavy atom. The summed E-state index contributed by atoms with van der Waals surface area (Å²) in [7, 11) is 0. The number of carbonyl (C=O) groups excluding carboxylic acids is 3. The number of imide groups is 1. The number of amides is 3. The molecule has 6 nitrogen and oxygen atoms in total. The molecule has 0 aromatic heterocycles. The van der Waals surface area contributed by atoms with Gasteiger partial charge in [-0.3, -0.25) is 19.3 Å². The number of para-hydroxylation sites is 1. The van der Waals surface area contributed by atoms with Gasteiger partial charge in [-0.15, -0.1) is 0 Å². The molecule has 196 valence electrons. The van der Waals surface area contributed by atoms with Gasteiger partial charge in [0.1, 0.15) is 18.9 Å². The SMILES string of the molecule is O=C(CN1C(=O)S/C(=C/c2cc(I)c(OCc3ccc4ccccc4c3)c(I)c2)C1=O)Nc1ccccc1Cl. The predicted molar refractivity (Wildman–Crippen MR) is 173 cm³/mol. The minimum atomic E-state index is -0.513. The topological polar surface area (TPSA) is 75.7 Å². The van der Waals surface area contributed by atoms with Crippen molar-refractivity contribution < 1.29 is 19.1 Å². The fourth-order valence-electron chi connectivity index (χ4n) is 3.97. The largest absolute Gasteiger partial charge is 0.487 e. The van der Waals surface area contributed by atoms with Crippen LogP contribution >= 0.6 is 68.5 Å². The van der Waals surface area contributed by atoms with Crippen LogP contribution in [0.4, 0.5) is 10.5 Å². The zero-order valence-electron chi connectivity index (χ0n) is 20.1. The molecule has 0 radical (unpaired) electrons. The van der Waals surface area contributed by atoms with Crippen molar-refractivity contribution in [3.05, 3.63) is 107 Å². The summed E-state index contributed by atoms with van der Waals surface area (Å²) in [6.07, 6.45) is 1.66. The predicted octanol–water partition coefficient (Wildman–Crippen LogP) is 7.96. The molecule has 0 spiro atoms. The molecule has 3 amide bonds. The first-order valence-corrected chi connectivity index (χ1v) is 15.0. The summed E-state index contributed by atoms with van der Waals surface area (Å²) in [4.78, 5) is 39.1. The first-order chi connectivity index (χ1) is 18.8. The Hall–Kier alpha value is -2.61. The van der Waals surface area contributed by atoms with E-state index >= 15 is 0 Å². The number of thioether (sulfide) groups is 1. The summed E-state index contributed by atoms with van der Waals surface area (Å²) in [6, 6.07) is 25.0. The summed E-state index contributed by atoms with van der Waals surface area (Å²) in [5, 5.41) is 4.85. The van der Waals surface area contributed by atoms with Crippen LogP contribution in [0.5, 0.6) is 5.75 Å². The molecule has 0 atom stereocenters. The van der Waals surface area contributed by atoms with Gasteiger partial charge in [0.2, 0.25) is 5.91 Å². The first kappa shape index (κ1) is 27.9. The van der Waals surface area contributed by atoms with E-state index in [-0.39, 0.29) is 4.91 Å². The van der Waals surface area contributed by atoms with Crippen LogP contribution in [0, 0.1) is 7.14 Å². The van der Waals surface area contributed by atoms with E-state index < -0.39 is 23.6 Å². The third-order valence-electron chi connectivity index (χ3n) is 5.84. The summed E-state index contributed by atoms with van der Waals surface area (Å²) in [5.41, 5.74) is 2.24. The van der Waals surface area contributed by atoms with Gasteiger partial charge in [0.25, 0.3) is 11.1 Å². The number of anilines is 1. The lowest BCUT2D eigenvalue weighted by molar-refractivity contribution is -0.127. The maximum Gasteiger partial charge on any atom is 0.294 e. The Morgan fingerprint density at radius 3 is 2.38 bits per heavy atom. The lowest BCUT2D eigenvalue weighted by Gasteiger charge is -2.13. The van der Waals surface area contributed by atoms with Crippen molar-refractivity contribution in [1.29, 1.82) is 0 Å². The van der Waals surface area contributed by atoms with E-state index in [1.54, 1.807) is 30.3 Å². The highest BCUT2D eigenvalue weighted by atomic mass is 127. The zero-order valence-corrected chi connectivity index (χ0v) is 26.0. The molecule has 1 fully saturated rings. The fourth-order valence-corrected chi connectivity index (χ4v) is 7.12. The van der Waals surface area contributed by atoms with Crippen molar-refractivity contribution in [3.8, 4) is 5.75 Å². The van der Waals surface area contributed by atoms with Crippen molar-refractivity contribution in [2.75, 3.05) is 11.9 Å². The van der Waals surface area contributed by atoms with Gasteiger partial charge >= 0.3 is 0 Å². The average Bonchev–Trinajstić information content (AvgIpc) is 3.16. The first-order valence-electron chi connectivity index (χ1n) is 11.7. The Balaban J connectivity index is 1.26. The van der Waals surface area contributed by atoms with E-state index in [0.29, 0.717) is 17.3 Å². The molecule has 5 rings (SSSR count). The zero-order chi connectivity index (χ0) is 27.5. The van der Waals surface area contributed by atoms with Crippen molar-refractivity contribution >= 4 is 108 Å². The number of benzene rings is 4. The normalized spacial score (nSPS) is 14.3. The maximum absolute atomic E-state index is 12.9. The number of hydrogen-bond donors (Lipinski definition) is 1. The summed E-state index contributed by atoms with van der Waals surface area (Å²) >= 11 is 11.3. The van der Waals surface area contributed by atoms with Crippen LogP contribution in [-0.4, -0.2) is 28.5 Å². The monoisotopic (exact) mass is 780 g/mol. The standard InChI is InChI=1S/C29H19ClI2N2O4S/c30-21-7-3-4-8-24(21)33-26(35)15-34-28(36)25(39-29(34)37)14-18-12-22(31)27(23(32)13-18)38-16-17-9-10-19-5-1-2-6-20(19)11-17/h1-14H,15-16H2,(H,33,35)/b25-14+. The van der Waals surface area contributed by atoms with Crippen LogP contribution in [0.1, 0.15) is 11.1 Å². The third kappa shape index (κ3) is 6.59. The second kappa shape index (κ2) is 12.3. The van der Waals surface area contributed by atoms with Crippen LogP contribution in [0.25, 0.3) is 16.8 Å². The highest BCUT2D eigenvalue weighted by Gasteiger charge is 2.36. The lowest BCUT2D eigenvalue weighted by Crippen LogP contribution is -2.36. The Labute approximate surface area is 261 Å². The van der Waals surface area contributed by atoms with Crippen molar-refractivity contribution in [1.82, 2.24) is 4.90 Å². The van der Waals surface area contributed by atoms with E-state index in [4.69, 9.17) is 16.3 Å². The molecular formula is C29H19ClI2N2O4S. The fraction of sp³-hybridized carbons (Fsp3) is 0.0690. The molecule has 0 aliphatic carbocycles. The molecule has 10 heteroatoms. The van der Waals surface area contributed by atoms with Crippen LogP contribution in [-0.2, 0) is 16.2 Å². The maximum atomic E-state index is 12.9. The lowest BCUT2D eigenvalue weighted by atomic mass is 10.1. The summed E-state index contributed by atoms with van der Waals surface area (Å²) in [5.74, 6) is -0.268. The van der Waals surface area contributed by atoms with Gasteiger partial charge in [0.15, 0.2) is 0 Å². The molecule has 4 aromatic rings. The molecule has 1 saturated heterocycles. The Kier molecular flexibility index (Phi) is 8.79. The second-order valence-corrected chi connectivity index (χ2v) is 12.3. The number of fused-ring (bicyclic) bond motifs is 1. The van der Waals surface area contributed by atoms with Crippen molar-refractivity contribution in [2.45, 2.75) is 6.61 Å². The van der Waals surface area contributed by atoms with E-state index in [9.17, 15) is 14.4 Å². The van der Waals surface area contributed by atoms with E-state index in [1.165, 1.54) is 5.39 Å². The van der Waals surface area contributed by atoms with Gasteiger partial charge in [-0.05, 0) is 115 Å². The van der Waals surface area contributed by atoms with Gasteiger partial charge in [-0.25, -0.2) is 0 Å². The van der Waals surface area contributed by atoms with Crippen LogP contribution < -0.4 is 10.1 Å². The van der Waals surface area contributed by atoms with Gasteiger partial charge in [0.05, 0.1) is 22.8 Å². The molecule has 0 unspecified atom stereocenters. The van der Waals surface area contributed by atoms with Gasteiger partial charge in [0, 0.05) is 0 Å². The number of nitrogens with zero attached hydrogens (tertiary/aromatic N) is 1. The number of halogens is 3. The number of hydrogen-bond acceptors (Lipinski definition) is 5. The third-order valence-corrected chi connectivity index (χ3v) is 8.68. The highest BCUT2D eigenvalue weighted by Crippen LogP contribution is 2.35. The number of rotatable bonds is 7. The van der Waals surface area contributed by atoms with Crippen LogP contribution in [0.15, 0.2) is 83.8 Å². The minimum absolute atomic E-state index is 0.252. The molecule has 1 aliphatic heterocycles. The van der Waals surface area contributed by atoms with Crippen LogP contribution in [0.3, 0.4) is 0 Å². The van der Waals surface area contributed by atoms with E-state index in [1.807, 2.05) is 24.3 Å². The minimum Gasteiger partial charge on any atom is -0.487 e. The molecule has 1 N–H and O–H groups in total. The van der Waals surface area contributed by atoms with E-state index in [2.05, 4.69) is 80.8 Å². The summed E-state index contributed by atoms with van der Waals surface area (Å²) < 4.78 is 7.92. The van der Waals surface area contributed by atoms with E-state index in [0.717, 1.165) is 46.1 Å². The smallest absolute Gasteiger partial charge is 0.294 e. The molecule has 0 bridgehead atoms. The van der Waals surface area contributed by atoms with Gasteiger partial charge in [-0.2, -0.15) is 0 Å². The second-order valence-electron chi connectivity index (χ2n) is 8.58. The van der Waals surface area contributed by atoms with Crippen LogP contribution in [0.2, 0.25) is 5.02 Å². The summed E-state index contributed by atoms with van der Waals surface area (Å²) in [6.45, 7) is 0.0230. The number of carbonyl (C=O) groups is 3. The Bertz CT molecular complexity index is 1640. The average molecular weight is 781 g/mol.